The largest absolute Gasteiger partial charge is 0.461 e. The minimum atomic E-state index is -0.494. The number of carbonyl (C=O) groups is 3. The Morgan fingerprint density at radius 3 is 2.74 bits per heavy atom. The van der Waals surface area contributed by atoms with Crippen molar-refractivity contribution >= 4 is 50.8 Å². The van der Waals surface area contributed by atoms with Crippen LogP contribution in [0.1, 0.15) is 33.5 Å². The molecule has 3 heterocycles. The van der Waals surface area contributed by atoms with Gasteiger partial charge in [-0.15, -0.1) is 22.7 Å². The SMILES string of the molecule is CCOC(=O)c1nc(N(CCc2ccccc2)C(=O)Cc2csc(N3CCNC3=O)n2)sc1C. The summed E-state index contributed by atoms with van der Waals surface area (Å²) in [6.45, 7) is 5.32. The van der Waals surface area contributed by atoms with Gasteiger partial charge in [0.15, 0.2) is 16.0 Å². The molecule has 1 aliphatic rings. The summed E-state index contributed by atoms with van der Waals surface area (Å²) < 4.78 is 5.10. The van der Waals surface area contributed by atoms with Crippen LogP contribution in [0.15, 0.2) is 35.7 Å². The van der Waals surface area contributed by atoms with E-state index in [2.05, 4.69) is 15.3 Å². The molecule has 0 aliphatic carbocycles. The zero-order valence-electron chi connectivity index (χ0n) is 18.9. The number of aromatic nitrogens is 2. The van der Waals surface area contributed by atoms with Crippen LogP contribution in [0.3, 0.4) is 0 Å². The highest BCUT2D eigenvalue weighted by atomic mass is 32.1. The van der Waals surface area contributed by atoms with Crippen LogP contribution in [-0.2, 0) is 22.4 Å². The molecule has 0 saturated carbocycles. The summed E-state index contributed by atoms with van der Waals surface area (Å²) in [5.74, 6) is -0.672. The zero-order chi connectivity index (χ0) is 24.1. The highest BCUT2D eigenvalue weighted by Crippen LogP contribution is 2.28. The Morgan fingerprint density at radius 1 is 1.24 bits per heavy atom. The molecule has 0 radical (unpaired) electrons. The van der Waals surface area contributed by atoms with Crippen LogP contribution in [0.5, 0.6) is 0 Å². The molecular weight excluding hydrogens is 474 g/mol. The van der Waals surface area contributed by atoms with Crippen LogP contribution in [0.25, 0.3) is 0 Å². The van der Waals surface area contributed by atoms with Gasteiger partial charge in [0.25, 0.3) is 0 Å². The molecule has 0 spiro atoms. The molecule has 0 atom stereocenters. The number of rotatable bonds is 9. The quantitative estimate of drug-likeness (QED) is 0.452. The smallest absolute Gasteiger partial charge is 0.358 e. The summed E-state index contributed by atoms with van der Waals surface area (Å²) in [4.78, 5) is 50.4. The van der Waals surface area contributed by atoms with Crippen molar-refractivity contribution < 1.29 is 19.1 Å². The monoisotopic (exact) mass is 499 g/mol. The molecule has 34 heavy (non-hydrogen) atoms. The van der Waals surface area contributed by atoms with E-state index in [1.165, 1.54) is 22.7 Å². The Labute approximate surface area is 205 Å². The Balaban J connectivity index is 1.54. The molecule has 11 heteroatoms. The van der Waals surface area contributed by atoms with E-state index in [0.717, 1.165) is 5.56 Å². The van der Waals surface area contributed by atoms with Crippen molar-refractivity contribution in [1.82, 2.24) is 15.3 Å². The van der Waals surface area contributed by atoms with Gasteiger partial charge in [0.2, 0.25) is 5.91 Å². The van der Waals surface area contributed by atoms with Gasteiger partial charge in [-0.05, 0) is 25.8 Å². The minimum Gasteiger partial charge on any atom is -0.461 e. The van der Waals surface area contributed by atoms with Crippen molar-refractivity contribution in [3.63, 3.8) is 0 Å². The topological polar surface area (TPSA) is 105 Å². The first-order valence-corrected chi connectivity index (χ1v) is 12.6. The number of amides is 3. The maximum Gasteiger partial charge on any atom is 0.358 e. The second kappa shape index (κ2) is 10.7. The van der Waals surface area contributed by atoms with Crippen LogP contribution in [0, 0.1) is 6.92 Å². The fourth-order valence-electron chi connectivity index (χ4n) is 3.51. The Kier molecular flexibility index (Phi) is 7.53. The molecule has 1 fully saturated rings. The number of ether oxygens (including phenoxy) is 1. The number of aryl methyl sites for hydroxylation is 1. The van der Waals surface area contributed by atoms with Gasteiger partial charge in [-0.2, -0.15) is 0 Å². The molecule has 1 saturated heterocycles. The molecular formula is C23H25N5O4S2. The van der Waals surface area contributed by atoms with Gasteiger partial charge < -0.3 is 10.1 Å². The minimum absolute atomic E-state index is 0.0636. The average molecular weight is 500 g/mol. The lowest BCUT2D eigenvalue weighted by molar-refractivity contribution is -0.118. The predicted octanol–water partition coefficient (Wildman–Crippen LogP) is 3.43. The molecule has 9 nitrogen and oxygen atoms in total. The first-order valence-electron chi connectivity index (χ1n) is 10.9. The fraction of sp³-hybridized carbons (Fsp3) is 0.348. The van der Waals surface area contributed by atoms with E-state index >= 15 is 0 Å². The van der Waals surface area contributed by atoms with Crippen molar-refractivity contribution in [2.45, 2.75) is 26.7 Å². The maximum atomic E-state index is 13.4. The first-order chi connectivity index (χ1) is 16.5. The number of hydrogen-bond acceptors (Lipinski definition) is 8. The fourth-order valence-corrected chi connectivity index (χ4v) is 5.29. The number of carbonyl (C=O) groups excluding carboxylic acids is 3. The summed E-state index contributed by atoms with van der Waals surface area (Å²) in [7, 11) is 0. The lowest BCUT2D eigenvalue weighted by Gasteiger charge is -2.19. The van der Waals surface area contributed by atoms with E-state index in [-0.39, 0.29) is 30.7 Å². The number of thiazole rings is 2. The third-order valence-corrected chi connectivity index (χ3v) is 7.12. The number of hydrogen-bond donors (Lipinski definition) is 1. The van der Waals surface area contributed by atoms with E-state index in [9.17, 15) is 14.4 Å². The summed E-state index contributed by atoms with van der Waals surface area (Å²) in [6.07, 6.45) is 0.699. The van der Waals surface area contributed by atoms with Crippen molar-refractivity contribution in [2.24, 2.45) is 0 Å². The number of nitrogens with zero attached hydrogens (tertiary/aromatic N) is 4. The lowest BCUT2D eigenvalue weighted by atomic mass is 10.1. The molecule has 3 aromatic rings. The van der Waals surface area contributed by atoms with Gasteiger partial charge in [-0.3, -0.25) is 14.6 Å². The number of urea groups is 1. The van der Waals surface area contributed by atoms with E-state index < -0.39 is 5.97 Å². The molecule has 0 unspecified atom stereocenters. The average Bonchev–Trinajstić information content (AvgIpc) is 3.55. The number of nitrogens with one attached hydrogen (secondary N) is 1. The highest BCUT2D eigenvalue weighted by molar-refractivity contribution is 7.16. The number of anilines is 2. The molecule has 3 amide bonds. The summed E-state index contributed by atoms with van der Waals surface area (Å²) in [5, 5.41) is 5.57. The molecule has 0 bridgehead atoms. The molecule has 1 aliphatic heterocycles. The van der Waals surface area contributed by atoms with Crippen molar-refractivity contribution in [2.75, 3.05) is 36.0 Å². The normalized spacial score (nSPS) is 13.1. The van der Waals surface area contributed by atoms with E-state index in [1.807, 2.05) is 30.3 Å². The standard InChI is InChI=1S/C23H25N5O4S2/c1-3-32-20(30)19-15(2)34-23(26-19)27(11-9-16-7-5-4-6-8-16)18(29)13-17-14-33-22(25-17)28-12-10-24-21(28)31/h4-8,14H,3,9-13H2,1-2H3,(H,24,31). The van der Waals surface area contributed by atoms with E-state index in [0.29, 0.717) is 46.9 Å². The van der Waals surface area contributed by atoms with Crippen LogP contribution < -0.4 is 15.1 Å². The van der Waals surface area contributed by atoms with Gasteiger partial charge in [0.1, 0.15) is 0 Å². The van der Waals surface area contributed by atoms with Gasteiger partial charge in [-0.1, -0.05) is 30.3 Å². The highest BCUT2D eigenvalue weighted by Gasteiger charge is 2.27. The van der Waals surface area contributed by atoms with E-state index in [1.54, 1.807) is 29.0 Å². The van der Waals surface area contributed by atoms with Crippen molar-refractivity contribution in [1.29, 1.82) is 0 Å². The maximum absolute atomic E-state index is 13.4. The summed E-state index contributed by atoms with van der Waals surface area (Å²) >= 11 is 2.63. The van der Waals surface area contributed by atoms with Crippen molar-refractivity contribution in [3.8, 4) is 0 Å². The number of benzene rings is 1. The van der Waals surface area contributed by atoms with Gasteiger partial charge in [-0.25, -0.2) is 19.6 Å². The molecule has 4 rings (SSSR count). The Morgan fingerprint density at radius 2 is 2.03 bits per heavy atom. The van der Waals surface area contributed by atoms with Gasteiger partial charge >= 0.3 is 12.0 Å². The Bertz CT molecular complexity index is 1180. The first kappa shape index (κ1) is 23.8. The lowest BCUT2D eigenvalue weighted by Crippen LogP contribution is -2.34. The zero-order valence-corrected chi connectivity index (χ0v) is 20.6. The van der Waals surface area contributed by atoms with Crippen LogP contribution in [0.4, 0.5) is 15.1 Å². The Hall–Kier alpha value is -3.31. The molecule has 178 valence electrons. The van der Waals surface area contributed by atoms with Crippen LogP contribution >= 0.6 is 22.7 Å². The molecule has 1 aromatic carbocycles. The predicted molar refractivity (Wildman–Crippen MR) is 132 cm³/mol. The molecule has 2 aromatic heterocycles. The van der Waals surface area contributed by atoms with Crippen LogP contribution in [-0.4, -0.2) is 54.1 Å². The second-order valence-electron chi connectivity index (χ2n) is 7.58. The van der Waals surface area contributed by atoms with Gasteiger partial charge in [0, 0.05) is 29.9 Å². The number of esters is 1. The summed E-state index contributed by atoms with van der Waals surface area (Å²) in [6, 6.07) is 9.70. The summed E-state index contributed by atoms with van der Waals surface area (Å²) in [5.41, 5.74) is 1.92. The van der Waals surface area contributed by atoms with E-state index in [4.69, 9.17) is 4.74 Å². The van der Waals surface area contributed by atoms with Crippen LogP contribution in [0.2, 0.25) is 0 Å². The third-order valence-electron chi connectivity index (χ3n) is 5.21. The van der Waals surface area contributed by atoms with Gasteiger partial charge in [0.05, 0.1) is 18.7 Å². The second-order valence-corrected chi connectivity index (χ2v) is 9.60. The molecule has 1 N–H and O–H groups in total. The van der Waals surface area contributed by atoms with Crippen molar-refractivity contribution in [3.05, 3.63) is 57.5 Å². The third kappa shape index (κ3) is 5.42.